The van der Waals surface area contributed by atoms with Crippen LogP contribution in [0.1, 0.15) is 38.2 Å². The number of allylic oxidation sites excluding steroid dienone is 1. The maximum Gasteiger partial charge on any atom is 0.318 e. The molecule has 3 heterocycles. The monoisotopic (exact) mass is 470 g/mol. The smallest absolute Gasteiger partial charge is 0.318 e. The van der Waals surface area contributed by atoms with E-state index in [1.165, 1.54) is 0 Å². The quantitative estimate of drug-likeness (QED) is 0.589. The fraction of sp³-hybridized carbons (Fsp3) is 0.560. The van der Waals surface area contributed by atoms with Gasteiger partial charge in [-0.2, -0.15) is 0 Å². The number of hydrogen-bond acceptors (Lipinski definition) is 7. The predicted octanol–water partition coefficient (Wildman–Crippen LogP) is 2.24. The lowest BCUT2D eigenvalue weighted by atomic mass is 9.71. The van der Waals surface area contributed by atoms with Gasteiger partial charge in [-0.1, -0.05) is 12.1 Å². The van der Waals surface area contributed by atoms with Gasteiger partial charge in [0.15, 0.2) is 11.5 Å². The fourth-order valence-corrected chi connectivity index (χ4v) is 5.46. The summed E-state index contributed by atoms with van der Waals surface area (Å²) < 4.78 is 21.7. The second-order valence-corrected chi connectivity index (χ2v) is 9.14. The first-order valence-corrected chi connectivity index (χ1v) is 11.9. The third-order valence-corrected chi connectivity index (χ3v) is 7.13. The first-order valence-electron chi connectivity index (χ1n) is 11.9. The third kappa shape index (κ3) is 4.02. The number of rotatable bonds is 6. The molecule has 2 saturated heterocycles. The summed E-state index contributed by atoms with van der Waals surface area (Å²) in [7, 11) is 0. The Morgan fingerprint density at radius 2 is 1.97 bits per heavy atom. The number of ether oxygens (including phenoxy) is 4. The summed E-state index contributed by atoms with van der Waals surface area (Å²) >= 11 is 0. The Labute approximate surface area is 198 Å². The van der Waals surface area contributed by atoms with E-state index in [0.29, 0.717) is 62.8 Å². The molecule has 1 aromatic rings. The molecule has 2 amide bonds. The summed E-state index contributed by atoms with van der Waals surface area (Å²) in [5, 5.41) is 0. The van der Waals surface area contributed by atoms with Crippen molar-refractivity contribution in [1.29, 1.82) is 0 Å². The van der Waals surface area contributed by atoms with E-state index in [0.717, 1.165) is 5.56 Å². The van der Waals surface area contributed by atoms with Crippen molar-refractivity contribution in [1.82, 2.24) is 9.80 Å². The summed E-state index contributed by atoms with van der Waals surface area (Å²) in [4.78, 5) is 43.4. The number of morpholine rings is 1. The van der Waals surface area contributed by atoms with Crippen LogP contribution in [0.15, 0.2) is 30.0 Å². The maximum absolute atomic E-state index is 13.7. The van der Waals surface area contributed by atoms with Gasteiger partial charge < -0.3 is 28.7 Å². The molecule has 2 atom stereocenters. The van der Waals surface area contributed by atoms with Gasteiger partial charge in [-0.05, 0) is 43.9 Å². The van der Waals surface area contributed by atoms with Crippen LogP contribution in [0.25, 0.3) is 0 Å². The van der Waals surface area contributed by atoms with Crippen LogP contribution >= 0.6 is 0 Å². The van der Waals surface area contributed by atoms with Gasteiger partial charge in [0.25, 0.3) is 0 Å². The molecule has 5 rings (SSSR count). The summed E-state index contributed by atoms with van der Waals surface area (Å²) in [5.74, 6) is 0.193. The van der Waals surface area contributed by atoms with Gasteiger partial charge in [0, 0.05) is 31.1 Å². The van der Waals surface area contributed by atoms with Crippen LogP contribution in [0.4, 0.5) is 0 Å². The molecule has 4 aliphatic rings. The minimum absolute atomic E-state index is 0.0743. The predicted molar refractivity (Wildman–Crippen MR) is 120 cm³/mol. The number of likely N-dealkylation sites (tertiary alicyclic amines) is 1. The summed E-state index contributed by atoms with van der Waals surface area (Å²) in [6.07, 6.45) is 3.61. The van der Waals surface area contributed by atoms with Crippen molar-refractivity contribution in [3.05, 3.63) is 35.5 Å². The van der Waals surface area contributed by atoms with E-state index in [1.54, 1.807) is 16.7 Å². The number of nitrogens with zero attached hydrogens (tertiary/aromatic N) is 2. The van der Waals surface area contributed by atoms with Crippen molar-refractivity contribution in [2.24, 2.45) is 11.3 Å². The number of amides is 2. The van der Waals surface area contributed by atoms with Crippen molar-refractivity contribution in [3.63, 3.8) is 0 Å². The number of benzene rings is 1. The molecular formula is C25H30N2O7. The molecule has 0 radical (unpaired) electrons. The van der Waals surface area contributed by atoms with Gasteiger partial charge in [-0.3, -0.25) is 14.4 Å². The molecule has 3 aliphatic heterocycles. The van der Waals surface area contributed by atoms with E-state index in [4.69, 9.17) is 18.9 Å². The number of carbonyl (C=O) groups is 3. The first-order chi connectivity index (χ1) is 16.5. The van der Waals surface area contributed by atoms with Crippen LogP contribution in [-0.2, 0) is 30.4 Å². The van der Waals surface area contributed by atoms with Crippen molar-refractivity contribution < 1.29 is 33.3 Å². The van der Waals surface area contributed by atoms with Gasteiger partial charge in [-0.25, -0.2) is 0 Å². The maximum atomic E-state index is 13.7. The lowest BCUT2D eigenvalue weighted by Crippen LogP contribution is -2.52. The lowest BCUT2D eigenvalue weighted by Gasteiger charge is -2.44. The third-order valence-electron chi connectivity index (χ3n) is 7.13. The van der Waals surface area contributed by atoms with Crippen LogP contribution in [0, 0.1) is 11.3 Å². The highest BCUT2D eigenvalue weighted by molar-refractivity contribution is 5.92. The molecule has 1 aromatic carbocycles. The largest absolute Gasteiger partial charge is 0.465 e. The first kappa shape index (κ1) is 22.7. The van der Waals surface area contributed by atoms with E-state index >= 15 is 0 Å². The number of esters is 1. The number of fused-ring (bicyclic) bond motifs is 2. The molecule has 0 unspecified atom stereocenters. The second-order valence-electron chi connectivity index (χ2n) is 9.14. The molecular weight excluding hydrogens is 440 g/mol. The minimum Gasteiger partial charge on any atom is -0.465 e. The average Bonchev–Trinajstić information content (AvgIpc) is 3.49. The molecule has 0 spiro atoms. The molecule has 1 aliphatic carbocycles. The molecule has 182 valence electrons. The zero-order valence-electron chi connectivity index (χ0n) is 19.4. The Morgan fingerprint density at radius 3 is 2.76 bits per heavy atom. The SMILES string of the molecule is CCOC(=O)[C@]12CCC=C1N(Cc1ccc3c(c1)OCO3)C(=O)[C@H](CC(=O)N1CCOCC1)C2. The molecule has 0 saturated carbocycles. The van der Waals surface area contributed by atoms with Crippen molar-refractivity contribution in [2.75, 3.05) is 39.7 Å². The molecule has 2 fully saturated rings. The minimum atomic E-state index is -0.907. The van der Waals surface area contributed by atoms with E-state index < -0.39 is 11.3 Å². The van der Waals surface area contributed by atoms with E-state index in [-0.39, 0.29) is 44.1 Å². The highest BCUT2D eigenvalue weighted by atomic mass is 16.7. The summed E-state index contributed by atoms with van der Waals surface area (Å²) in [6, 6.07) is 5.58. The molecule has 9 heteroatoms. The van der Waals surface area contributed by atoms with Crippen molar-refractivity contribution in [2.45, 2.75) is 39.2 Å². The lowest BCUT2D eigenvalue weighted by molar-refractivity contribution is -0.161. The Bertz CT molecular complexity index is 1020. The molecule has 0 N–H and O–H groups in total. The van der Waals surface area contributed by atoms with Crippen LogP contribution in [-0.4, -0.2) is 67.3 Å². The van der Waals surface area contributed by atoms with Crippen LogP contribution in [0.3, 0.4) is 0 Å². The second kappa shape index (κ2) is 9.29. The van der Waals surface area contributed by atoms with Crippen LogP contribution in [0.5, 0.6) is 11.5 Å². The van der Waals surface area contributed by atoms with E-state index in [9.17, 15) is 14.4 Å². The van der Waals surface area contributed by atoms with Crippen molar-refractivity contribution in [3.8, 4) is 11.5 Å². The fourth-order valence-electron chi connectivity index (χ4n) is 5.46. The van der Waals surface area contributed by atoms with Gasteiger partial charge >= 0.3 is 5.97 Å². The normalized spacial score (nSPS) is 25.7. The van der Waals surface area contributed by atoms with E-state index in [1.807, 2.05) is 24.3 Å². The molecule has 0 bridgehead atoms. The van der Waals surface area contributed by atoms with E-state index in [2.05, 4.69) is 0 Å². The zero-order valence-corrected chi connectivity index (χ0v) is 19.4. The van der Waals surface area contributed by atoms with Crippen LogP contribution < -0.4 is 9.47 Å². The average molecular weight is 471 g/mol. The molecule has 34 heavy (non-hydrogen) atoms. The van der Waals surface area contributed by atoms with Crippen LogP contribution in [0.2, 0.25) is 0 Å². The number of hydrogen-bond donors (Lipinski definition) is 0. The number of piperidine rings is 1. The zero-order chi connectivity index (χ0) is 23.7. The van der Waals surface area contributed by atoms with Gasteiger partial charge in [0.2, 0.25) is 18.6 Å². The standard InChI is InChI=1S/C25H30N2O7/c1-2-32-24(30)25-7-3-4-21(25)27(15-17-5-6-19-20(12-17)34-16-33-19)23(29)18(14-25)13-22(28)26-8-10-31-11-9-26/h4-6,12,18H,2-3,7-11,13-16H2,1H3/t18-,25+/m1/s1. The Morgan fingerprint density at radius 1 is 1.18 bits per heavy atom. The number of carbonyl (C=O) groups excluding carboxylic acids is 3. The topological polar surface area (TPSA) is 94.6 Å². The Kier molecular flexibility index (Phi) is 6.20. The van der Waals surface area contributed by atoms with Gasteiger partial charge in [0.05, 0.1) is 26.4 Å². The Hall–Kier alpha value is -3.07. The molecule has 0 aromatic heterocycles. The Balaban J connectivity index is 1.44. The molecule has 9 nitrogen and oxygen atoms in total. The van der Waals surface area contributed by atoms with Gasteiger partial charge in [0.1, 0.15) is 5.41 Å². The summed E-state index contributed by atoms with van der Waals surface area (Å²) in [6.45, 7) is 4.55. The van der Waals surface area contributed by atoms with Gasteiger partial charge in [-0.15, -0.1) is 0 Å². The highest BCUT2D eigenvalue weighted by Crippen LogP contribution is 2.51. The highest BCUT2D eigenvalue weighted by Gasteiger charge is 2.55. The summed E-state index contributed by atoms with van der Waals surface area (Å²) in [5.41, 5.74) is 0.656. The van der Waals surface area contributed by atoms with Crippen molar-refractivity contribution >= 4 is 17.8 Å².